The van der Waals surface area contributed by atoms with E-state index in [1.54, 1.807) is 31.3 Å². The second-order valence-corrected chi connectivity index (χ2v) is 3.50. The molecule has 6 nitrogen and oxygen atoms in total. The van der Waals surface area contributed by atoms with Gasteiger partial charge in [0.1, 0.15) is 6.42 Å². The van der Waals surface area contributed by atoms with E-state index in [2.05, 4.69) is 15.0 Å². The van der Waals surface area contributed by atoms with Gasteiger partial charge in [0.15, 0.2) is 6.29 Å². The van der Waals surface area contributed by atoms with Crippen molar-refractivity contribution < 1.29 is 19.1 Å². The molecule has 0 aliphatic carbocycles. The summed E-state index contributed by atoms with van der Waals surface area (Å²) in [4.78, 5) is 37.3. The Morgan fingerprint density at radius 1 is 1.42 bits per heavy atom. The first-order valence-electron chi connectivity index (χ1n) is 5.69. The number of carbonyl (C=O) groups excluding carboxylic acids is 3. The summed E-state index contributed by atoms with van der Waals surface area (Å²) in [5.41, 5.74) is 0.564. The van der Waals surface area contributed by atoms with E-state index in [0.29, 0.717) is 12.0 Å². The van der Waals surface area contributed by atoms with Gasteiger partial charge in [-0.25, -0.2) is 0 Å². The Morgan fingerprint density at radius 3 is 2.79 bits per heavy atom. The van der Waals surface area contributed by atoms with Crippen LogP contribution < -0.4 is 5.32 Å². The summed E-state index contributed by atoms with van der Waals surface area (Å²) in [6, 6.07) is 5.17. The van der Waals surface area contributed by atoms with Crippen LogP contribution in [-0.4, -0.2) is 29.8 Å². The minimum absolute atomic E-state index is 0.0352. The largest absolute Gasteiger partial charge is 0.466 e. The van der Waals surface area contributed by atoms with Crippen LogP contribution in [0.15, 0.2) is 30.1 Å². The van der Waals surface area contributed by atoms with Crippen LogP contribution in [0.2, 0.25) is 0 Å². The molecule has 1 aromatic heterocycles. The number of hydrogen-bond donors (Lipinski definition) is 1. The van der Waals surface area contributed by atoms with Gasteiger partial charge in [0, 0.05) is 6.20 Å². The summed E-state index contributed by atoms with van der Waals surface area (Å²) in [6.07, 6.45) is 3.03. The van der Waals surface area contributed by atoms with Gasteiger partial charge < -0.3 is 10.1 Å². The van der Waals surface area contributed by atoms with E-state index >= 15 is 0 Å². The van der Waals surface area contributed by atoms with Crippen molar-refractivity contribution in [2.75, 3.05) is 6.61 Å². The van der Waals surface area contributed by atoms with Gasteiger partial charge in [0.25, 0.3) is 0 Å². The topological polar surface area (TPSA) is 85.4 Å². The van der Waals surface area contributed by atoms with E-state index in [4.69, 9.17) is 0 Å². The van der Waals surface area contributed by atoms with Crippen LogP contribution >= 0.6 is 0 Å². The van der Waals surface area contributed by atoms with Gasteiger partial charge in [-0.3, -0.25) is 19.4 Å². The molecule has 0 fully saturated rings. The molecule has 1 N–H and O–H groups in total. The lowest BCUT2D eigenvalue weighted by atomic mass is 10.3. The highest BCUT2D eigenvalue weighted by Crippen LogP contribution is 2.00. The van der Waals surface area contributed by atoms with Crippen LogP contribution in [0.5, 0.6) is 0 Å². The number of nitrogens with one attached hydrogen (secondary N) is 1. The van der Waals surface area contributed by atoms with Crippen molar-refractivity contribution in [2.45, 2.75) is 13.3 Å². The molecule has 1 aromatic rings. The minimum atomic E-state index is -0.636. The molecule has 1 heterocycles. The molecule has 100 valence electrons. The summed E-state index contributed by atoms with van der Waals surface area (Å²) >= 11 is 0. The van der Waals surface area contributed by atoms with Gasteiger partial charge in [-0.15, -0.1) is 0 Å². The number of rotatable bonds is 6. The maximum Gasteiger partial charge on any atom is 0.315 e. The Balaban J connectivity index is 2.62. The number of amides is 1. The lowest BCUT2D eigenvalue weighted by Crippen LogP contribution is -2.26. The monoisotopic (exact) mass is 262 g/mol. The highest BCUT2D eigenvalue weighted by atomic mass is 16.5. The third-order valence-electron chi connectivity index (χ3n) is 2.01. The SMILES string of the molecule is CCOC(=O)CC(=O)NC(C=O)=Cc1ccccn1. The maximum absolute atomic E-state index is 11.5. The number of hydrogen-bond acceptors (Lipinski definition) is 5. The summed E-state index contributed by atoms with van der Waals surface area (Å²) in [5, 5.41) is 2.32. The lowest BCUT2D eigenvalue weighted by Gasteiger charge is -2.04. The molecule has 0 bridgehead atoms. The summed E-state index contributed by atoms with van der Waals surface area (Å²) in [7, 11) is 0. The molecule has 0 spiro atoms. The van der Waals surface area contributed by atoms with Crippen LogP contribution in [0, 0.1) is 0 Å². The third kappa shape index (κ3) is 5.58. The van der Waals surface area contributed by atoms with E-state index in [1.807, 2.05) is 0 Å². The summed E-state index contributed by atoms with van der Waals surface area (Å²) in [6.45, 7) is 1.85. The second kappa shape index (κ2) is 7.75. The van der Waals surface area contributed by atoms with E-state index < -0.39 is 18.3 Å². The Kier molecular flexibility index (Phi) is 5.94. The van der Waals surface area contributed by atoms with Gasteiger partial charge in [0.05, 0.1) is 18.0 Å². The highest BCUT2D eigenvalue weighted by Gasteiger charge is 2.11. The Morgan fingerprint density at radius 2 is 2.21 bits per heavy atom. The smallest absolute Gasteiger partial charge is 0.315 e. The predicted octanol–water partition coefficient (Wildman–Crippen LogP) is 0.691. The number of esters is 1. The van der Waals surface area contributed by atoms with Crippen molar-refractivity contribution in [2.24, 2.45) is 0 Å². The van der Waals surface area contributed by atoms with E-state index in [-0.39, 0.29) is 12.3 Å². The molecule has 19 heavy (non-hydrogen) atoms. The van der Waals surface area contributed by atoms with Crippen molar-refractivity contribution in [3.05, 3.63) is 35.8 Å². The molecule has 0 unspecified atom stereocenters. The number of aromatic nitrogens is 1. The second-order valence-electron chi connectivity index (χ2n) is 3.50. The quantitative estimate of drug-likeness (QED) is 0.353. The zero-order chi connectivity index (χ0) is 14.1. The molecular weight excluding hydrogens is 248 g/mol. The zero-order valence-electron chi connectivity index (χ0n) is 10.5. The molecule has 0 atom stereocenters. The standard InChI is InChI=1S/C13H14N2O4/c1-2-19-13(18)8-12(17)15-11(9-16)7-10-5-3-4-6-14-10/h3-7,9H,2,8H2,1H3,(H,15,17). The first-order chi connectivity index (χ1) is 9.15. The average Bonchev–Trinajstić information content (AvgIpc) is 2.39. The van der Waals surface area contributed by atoms with Crippen LogP contribution in [0.4, 0.5) is 0 Å². The first-order valence-corrected chi connectivity index (χ1v) is 5.69. The molecule has 6 heteroatoms. The van der Waals surface area contributed by atoms with Crippen molar-refractivity contribution in [3.63, 3.8) is 0 Å². The summed E-state index contributed by atoms with van der Waals surface area (Å²) in [5.74, 6) is -1.24. The molecule has 0 aliphatic heterocycles. The fraction of sp³-hybridized carbons (Fsp3) is 0.231. The fourth-order valence-corrected chi connectivity index (χ4v) is 1.27. The lowest BCUT2D eigenvalue weighted by molar-refractivity contribution is -0.145. The van der Waals surface area contributed by atoms with Crippen LogP contribution in [0.25, 0.3) is 6.08 Å². The molecule has 0 aromatic carbocycles. The van der Waals surface area contributed by atoms with Gasteiger partial charge in [-0.05, 0) is 25.1 Å². The molecule has 0 radical (unpaired) electrons. The normalized spacial score (nSPS) is 10.7. The van der Waals surface area contributed by atoms with Gasteiger partial charge in [-0.1, -0.05) is 6.07 Å². The van der Waals surface area contributed by atoms with E-state index in [0.717, 1.165) is 0 Å². The van der Waals surface area contributed by atoms with Crippen LogP contribution in [0.3, 0.4) is 0 Å². The number of allylic oxidation sites excluding steroid dienone is 1. The minimum Gasteiger partial charge on any atom is -0.466 e. The number of aldehydes is 1. The Labute approximate surface area is 110 Å². The third-order valence-corrected chi connectivity index (χ3v) is 2.01. The number of pyridine rings is 1. The van der Waals surface area contributed by atoms with E-state index in [9.17, 15) is 14.4 Å². The number of ether oxygens (including phenoxy) is 1. The predicted molar refractivity (Wildman–Crippen MR) is 67.7 cm³/mol. The molecule has 1 rings (SSSR count). The molecule has 0 saturated carbocycles. The highest BCUT2D eigenvalue weighted by molar-refractivity contribution is 5.98. The van der Waals surface area contributed by atoms with E-state index in [1.165, 1.54) is 6.08 Å². The van der Waals surface area contributed by atoms with Gasteiger partial charge >= 0.3 is 5.97 Å². The number of carbonyl (C=O) groups is 3. The molecular formula is C13H14N2O4. The number of nitrogens with zero attached hydrogens (tertiary/aromatic N) is 1. The van der Waals surface area contributed by atoms with Crippen molar-refractivity contribution in [1.29, 1.82) is 0 Å². The van der Waals surface area contributed by atoms with Crippen LogP contribution in [0.1, 0.15) is 19.0 Å². The zero-order valence-corrected chi connectivity index (χ0v) is 10.5. The van der Waals surface area contributed by atoms with Crippen LogP contribution in [-0.2, 0) is 19.1 Å². The average molecular weight is 262 g/mol. The summed E-state index contributed by atoms with van der Waals surface area (Å²) < 4.78 is 4.63. The molecule has 0 aliphatic rings. The first kappa shape index (κ1) is 14.6. The van der Waals surface area contributed by atoms with Gasteiger partial charge in [0.2, 0.25) is 5.91 Å². The fourth-order valence-electron chi connectivity index (χ4n) is 1.27. The Bertz CT molecular complexity index is 483. The maximum atomic E-state index is 11.5. The van der Waals surface area contributed by atoms with Crippen molar-refractivity contribution in [1.82, 2.24) is 10.3 Å². The molecule has 0 saturated heterocycles. The van der Waals surface area contributed by atoms with Crippen molar-refractivity contribution in [3.8, 4) is 0 Å². The van der Waals surface area contributed by atoms with Gasteiger partial charge in [-0.2, -0.15) is 0 Å². The molecule has 1 amide bonds. The Hall–Kier alpha value is -2.50. The van der Waals surface area contributed by atoms with Crippen molar-refractivity contribution >= 4 is 24.2 Å².